The lowest BCUT2D eigenvalue weighted by molar-refractivity contribution is 0.370. The molecule has 0 aliphatic heterocycles. The highest BCUT2D eigenvalue weighted by Crippen LogP contribution is 2.28. The van der Waals surface area contributed by atoms with Crippen LogP contribution in [0, 0.1) is 23.1 Å². The highest BCUT2D eigenvalue weighted by Gasteiger charge is 2.28. The predicted molar refractivity (Wildman–Crippen MR) is 82.3 cm³/mol. The van der Waals surface area contributed by atoms with Crippen LogP contribution in [0.2, 0.25) is 0 Å². The van der Waals surface area contributed by atoms with Crippen LogP contribution in [0.15, 0.2) is 21.5 Å². The number of hydrogen-bond donors (Lipinski definition) is 1. The Bertz CT molecular complexity index is 656. The molecular weight excluding hydrogens is 361 g/mol. The molecule has 8 heteroatoms. The summed E-state index contributed by atoms with van der Waals surface area (Å²) in [5.41, 5.74) is 5.78. The molecule has 1 aromatic carbocycles. The Morgan fingerprint density at radius 3 is 2.62 bits per heavy atom. The number of benzene rings is 1. The smallest absolute Gasteiger partial charge is 0.246 e. The highest BCUT2D eigenvalue weighted by molar-refractivity contribution is 9.10. The largest absolute Gasteiger partial charge is 0.398 e. The third kappa shape index (κ3) is 4.40. The van der Waals surface area contributed by atoms with Gasteiger partial charge in [0, 0.05) is 29.7 Å². The standard InChI is InChI=1S/C13H17BrFN3O2S/c1-9(2)8-18(5-3-4-16)21(19,20)13-7-12(17)10(14)6-11(13)15/h6-7,9H,3,5,8,17H2,1-2H3. The molecule has 0 unspecified atom stereocenters. The van der Waals surface area contributed by atoms with Crippen molar-refractivity contribution >= 4 is 31.6 Å². The number of nitrogens with two attached hydrogens (primary N) is 1. The zero-order valence-electron chi connectivity index (χ0n) is 11.8. The maximum atomic E-state index is 14.0. The van der Waals surface area contributed by atoms with Gasteiger partial charge in [-0.25, -0.2) is 12.8 Å². The van der Waals surface area contributed by atoms with Crippen molar-refractivity contribution in [1.29, 1.82) is 5.26 Å². The zero-order valence-corrected chi connectivity index (χ0v) is 14.2. The Morgan fingerprint density at radius 2 is 2.10 bits per heavy atom. The van der Waals surface area contributed by atoms with Gasteiger partial charge in [-0.2, -0.15) is 9.57 Å². The van der Waals surface area contributed by atoms with Crippen LogP contribution in [0.3, 0.4) is 0 Å². The summed E-state index contributed by atoms with van der Waals surface area (Å²) >= 11 is 3.05. The molecule has 21 heavy (non-hydrogen) atoms. The molecular formula is C13H17BrFN3O2S. The van der Waals surface area contributed by atoms with Crippen LogP contribution in [0.5, 0.6) is 0 Å². The number of halogens is 2. The van der Waals surface area contributed by atoms with Gasteiger partial charge in [-0.15, -0.1) is 0 Å². The van der Waals surface area contributed by atoms with Crippen LogP contribution in [-0.4, -0.2) is 25.8 Å². The van der Waals surface area contributed by atoms with Gasteiger partial charge in [0.15, 0.2) is 0 Å². The number of nitrogen functional groups attached to an aromatic ring is 1. The van der Waals surface area contributed by atoms with E-state index < -0.39 is 20.7 Å². The summed E-state index contributed by atoms with van der Waals surface area (Å²) in [6, 6.07) is 4.02. The molecule has 0 radical (unpaired) electrons. The number of nitrogens with zero attached hydrogens (tertiary/aromatic N) is 2. The van der Waals surface area contributed by atoms with E-state index in [0.29, 0.717) is 4.47 Å². The second-order valence-electron chi connectivity index (χ2n) is 4.97. The van der Waals surface area contributed by atoms with Crippen LogP contribution < -0.4 is 5.73 Å². The van der Waals surface area contributed by atoms with Crippen molar-refractivity contribution in [2.45, 2.75) is 25.2 Å². The Morgan fingerprint density at radius 1 is 1.48 bits per heavy atom. The molecule has 0 saturated carbocycles. The Balaban J connectivity index is 3.28. The van der Waals surface area contributed by atoms with Gasteiger partial charge in [-0.3, -0.25) is 0 Å². The van der Waals surface area contributed by atoms with E-state index in [1.165, 1.54) is 0 Å². The molecule has 2 N–H and O–H groups in total. The fourth-order valence-corrected chi connectivity index (χ4v) is 3.77. The molecule has 0 bridgehead atoms. The summed E-state index contributed by atoms with van der Waals surface area (Å²) in [6.07, 6.45) is 0.0412. The van der Waals surface area contributed by atoms with Crippen LogP contribution in [0.1, 0.15) is 20.3 Å². The first-order chi connectivity index (χ1) is 9.70. The van der Waals surface area contributed by atoms with Gasteiger partial charge < -0.3 is 5.73 Å². The van der Waals surface area contributed by atoms with Crippen molar-refractivity contribution in [1.82, 2.24) is 4.31 Å². The molecule has 0 atom stereocenters. The number of anilines is 1. The van der Waals surface area contributed by atoms with E-state index in [9.17, 15) is 12.8 Å². The molecule has 0 heterocycles. The number of rotatable bonds is 6. The van der Waals surface area contributed by atoms with Crippen LogP contribution in [0.4, 0.5) is 10.1 Å². The van der Waals surface area contributed by atoms with Crippen LogP contribution >= 0.6 is 15.9 Å². The summed E-state index contributed by atoms with van der Waals surface area (Å²) in [7, 11) is -4.03. The van der Waals surface area contributed by atoms with E-state index in [-0.39, 0.29) is 31.1 Å². The van der Waals surface area contributed by atoms with E-state index in [2.05, 4.69) is 15.9 Å². The third-order valence-corrected chi connectivity index (χ3v) is 5.28. The molecule has 0 aromatic heterocycles. The molecule has 0 amide bonds. The van der Waals surface area contributed by atoms with Crippen LogP contribution in [0.25, 0.3) is 0 Å². The van der Waals surface area contributed by atoms with Crippen molar-refractivity contribution in [2.24, 2.45) is 5.92 Å². The van der Waals surface area contributed by atoms with Gasteiger partial charge in [0.2, 0.25) is 10.0 Å². The second-order valence-corrected chi connectivity index (χ2v) is 7.73. The van der Waals surface area contributed by atoms with Crippen molar-refractivity contribution in [3.8, 4) is 6.07 Å². The summed E-state index contributed by atoms with van der Waals surface area (Å²) in [5, 5.41) is 8.65. The number of nitriles is 1. The van der Waals surface area contributed by atoms with Crippen molar-refractivity contribution < 1.29 is 12.8 Å². The van der Waals surface area contributed by atoms with Gasteiger partial charge in [-0.1, -0.05) is 13.8 Å². The zero-order chi connectivity index (χ0) is 16.2. The van der Waals surface area contributed by atoms with E-state index in [0.717, 1.165) is 16.4 Å². The lowest BCUT2D eigenvalue weighted by Gasteiger charge is -2.23. The quantitative estimate of drug-likeness (QED) is 0.771. The van der Waals surface area contributed by atoms with Gasteiger partial charge >= 0.3 is 0 Å². The second kappa shape index (κ2) is 7.20. The average molecular weight is 378 g/mol. The fourth-order valence-electron chi connectivity index (χ4n) is 1.77. The highest BCUT2D eigenvalue weighted by atomic mass is 79.9. The minimum absolute atomic E-state index is 0.0203. The monoisotopic (exact) mass is 377 g/mol. The van der Waals surface area contributed by atoms with E-state index in [4.69, 9.17) is 11.0 Å². The van der Waals surface area contributed by atoms with E-state index in [1.807, 2.05) is 19.9 Å². The van der Waals surface area contributed by atoms with Gasteiger partial charge in [-0.05, 0) is 34.0 Å². The summed E-state index contributed by atoms with van der Waals surface area (Å²) in [6.45, 7) is 3.92. The third-order valence-electron chi connectivity index (χ3n) is 2.71. The first-order valence-corrected chi connectivity index (χ1v) is 8.55. The van der Waals surface area contributed by atoms with E-state index >= 15 is 0 Å². The Hall–Kier alpha value is -1.17. The summed E-state index contributed by atoms with van der Waals surface area (Å²) in [5.74, 6) is -0.823. The minimum atomic E-state index is -4.03. The first-order valence-electron chi connectivity index (χ1n) is 6.31. The number of sulfonamides is 1. The normalized spacial score (nSPS) is 11.9. The van der Waals surface area contributed by atoms with Crippen molar-refractivity contribution in [3.63, 3.8) is 0 Å². The molecule has 0 spiro atoms. The Labute approximate surface area is 132 Å². The molecule has 0 aliphatic carbocycles. The Kier molecular flexibility index (Phi) is 6.13. The topological polar surface area (TPSA) is 87.2 Å². The molecule has 116 valence electrons. The summed E-state index contributed by atoms with van der Waals surface area (Å²) in [4.78, 5) is -0.471. The maximum Gasteiger partial charge on any atom is 0.246 e. The van der Waals surface area contributed by atoms with Crippen molar-refractivity contribution in [3.05, 3.63) is 22.4 Å². The van der Waals surface area contributed by atoms with Gasteiger partial charge in [0.05, 0.1) is 6.07 Å². The SMILES string of the molecule is CC(C)CN(CCC#N)S(=O)(=O)c1cc(N)c(Br)cc1F. The molecule has 5 nitrogen and oxygen atoms in total. The number of hydrogen-bond acceptors (Lipinski definition) is 4. The summed E-state index contributed by atoms with van der Waals surface area (Å²) < 4.78 is 40.5. The van der Waals surface area contributed by atoms with Crippen molar-refractivity contribution in [2.75, 3.05) is 18.8 Å². The molecule has 0 saturated heterocycles. The fraction of sp³-hybridized carbons (Fsp3) is 0.462. The molecule has 1 aromatic rings. The maximum absolute atomic E-state index is 14.0. The minimum Gasteiger partial charge on any atom is -0.398 e. The molecule has 0 fully saturated rings. The van der Waals surface area contributed by atoms with Crippen LogP contribution in [-0.2, 0) is 10.0 Å². The molecule has 1 rings (SSSR count). The average Bonchev–Trinajstić information content (AvgIpc) is 2.38. The van der Waals surface area contributed by atoms with Gasteiger partial charge in [0.1, 0.15) is 10.7 Å². The first kappa shape index (κ1) is 17.9. The molecule has 0 aliphatic rings. The lowest BCUT2D eigenvalue weighted by atomic mass is 10.2. The predicted octanol–water partition coefficient (Wildman–Crippen LogP) is 2.73. The van der Waals surface area contributed by atoms with E-state index in [1.54, 1.807) is 0 Å². The lowest BCUT2D eigenvalue weighted by Crippen LogP contribution is -2.35. The van der Waals surface area contributed by atoms with Gasteiger partial charge in [0.25, 0.3) is 0 Å².